The molecule has 1 aromatic heterocycles. The van der Waals surface area contributed by atoms with Crippen LogP contribution in [0.5, 0.6) is 5.75 Å². The smallest absolute Gasteiger partial charge is 0.264 e. The second kappa shape index (κ2) is 16.6. The van der Waals surface area contributed by atoms with Crippen LogP contribution >= 0.6 is 0 Å². The maximum Gasteiger partial charge on any atom is 0.264 e. The molecule has 4 heterocycles. The predicted molar refractivity (Wildman–Crippen MR) is 228 cm³/mol. The first kappa shape index (κ1) is 40.4. The molecule has 0 aliphatic carbocycles. The highest BCUT2D eigenvalue weighted by atomic mass is 28.3. The Hall–Kier alpha value is -4.84. The SMILES string of the molecule is COc1ccc([Si](C)(C)[C@@H]2[C@@H](CCn3cc(C(CO)c4ccccc4)nn3)O[C@]3(C(=O)N(C/C=C(\C)CCC=C(C)C)c4ccc(N5CCC5=O)cc43)[C@H]2C)cc1. The van der Waals surface area contributed by atoms with Crippen molar-refractivity contribution in [2.24, 2.45) is 5.92 Å². The summed E-state index contributed by atoms with van der Waals surface area (Å²) in [5.41, 5.74) is 5.52. The summed E-state index contributed by atoms with van der Waals surface area (Å²) in [5.74, 6) is 0.381. The third kappa shape index (κ3) is 7.65. The number of hydrogen-bond donors (Lipinski definition) is 1. The van der Waals surface area contributed by atoms with Crippen molar-refractivity contribution in [3.63, 3.8) is 0 Å². The first-order chi connectivity index (χ1) is 27.4. The number of nitrogens with zero attached hydrogens (tertiary/aromatic N) is 5. The molecule has 10 nitrogen and oxygen atoms in total. The molecule has 1 unspecified atom stereocenters. The van der Waals surface area contributed by atoms with E-state index in [-0.39, 0.29) is 41.9 Å². The minimum absolute atomic E-state index is 0.0378. The van der Waals surface area contributed by atoms with Crippen LogP contribution in [0.4, 0.5) is 11.4 Å². The van der Waals surface area contributed by atoms with Crippen molar-refractivity contribution in [3.8, 4) is 5.75 Å². The van der Waals surface area contributed by atoms with Crippen LogP contribution < -0.4 is 19.7 Å². The van der Waals surface area contributed by atoms with Gasteiger partial charge in [-0.2, -0.15) is 0 Å². The van der Waals surface area contributed by atoms with E-state index in [1.54, 1.807) is 12.0 Å². The van der Waals surface area contributed by atoms with Crippen molar-refractivity contribution in [2.45, 2.75) is 96.2 Å². The molecular formula is C46H57N5O5Si. The van der Waals surface area contributed by atoms with Gasteiger partial charge in [0.05, 0.1) is 45.2 Å². The molecule has 0 radical (unpaired) electrons. The molecule has 3 aromatic carbocycles. The Bertz CT molecular complexity index is 2140. The zero-order chi connectivity index (χ0) is 40.5. The Morgan fingerprint density at radius 2 is 1.81 bits per heavy atom. The number of ether oxygens (including phenoxy) is 2. The van der Waals surface area contributed by atoms with Crippen molar-refractivity contribution in [2.75, 3.05) is 36.6 Å². The topological polar surface area (TPSA) is 110 Å². The number of aliphatic hydroxyl groups is 1. The van der Waals surface area contributed by atoms with Gasteiger partial charge in [0.25, 0.3) is 5.91 Å². The van der Waals surface area contributed by atoms with Crippen molar-refractivity contribution in [3.05, 3.63) is 119 Å². The fourth-order valence-electron chi connectivity index (χ4n) is 9.34. The summed E-state index contributed by atoms with van der Waals surface area (Å²) < 4.78 is 14.8. The summed E-state index contributed by atoms with van der Waals surface area (Å²) in [6.45, 7) is 14.9. The summed E-state index contributed by atoms with van der Waals surface area (Å²) in [6, 6.07) is 24.3. The largest absolute Gasteiger partial charge is 0.497 e. The molecule has 2 amide bonds. The number of aromatic nitrogens is 3. The van der Waals surface area contributed by atoms with E-state index in [1.165, 1.54) is 16.3 Å². The number of methoxy groups -OCH3 is 1. The van der Waals surface area contributed by atoms with Gasteiger partial charge in [0.1, 0.15) is 5.75 Å². The second-order valence-corrected chi connectivity index (χ2v) is 21.5. The van der Waals surface area contributed by atoms with Gasteiger partial charge in [-0.05, 0) is 81.5 Å². The van der Waals surface area contributed by atoms with Gasteiger partial charge < -0.3 is 24.4 Å². The number of aliphatic hydroxyl groups excluding tert-OH is 1. The Morgan fingerprint density at radius 1 is 1.05 bits per heavy atom. The number of carbonyl (C=O) groups excluding carboxylic acids is 2. The monoisotopic (exact) mass is 787 g/mol. The Labute approximate surface area is 338 Å². The minimum Gasteiger partial charge on any atom is -0.497 e. The number of fused-ring (bicyclic) bond motifs is 2. The maximum absolute atomic E-state index is 15.3. The number of aryl methyl sites for hydroxylation is 1. The van der Waals surface area contributed by atoms with Crippen LogP contribution in [-0.2, 0) is 26.5 Å². The van der Waals surface area contributed by atoms with E-state index >= 15 is 4.79 Å². The first-order valence-corrected chi connectivity index (χ1v) is 23.4. The molecule has 2 saturated heterocycles. The molecule has 5 atom stereocenters. The van der Waals surface area contributed by atoms with Gasteiger partial charge in [-0.1, -0.05) is 96.2 Å². The average molecular weight is 788 g/mol. The van der Waals surface area contributed by atoms with Crippen LogP contribution in [0.1, 0.15) is 76.1 Å². The van der Waals surface area contributed by atoms with E-state index in [4.69, 9.17) is 9.47 Å². The van der Waals surface area contributed by atoms with Gasteiger partial charge in [0.15, 0.2) is 5.60 Å². The maximum atomic E-state index is 15.3. The molecule has 4 aromatic rings. The van der Waals surface area contributed by atoms with Gasteiger partial charge >= 0.3 is 0 Å². The van der Waals surface area contributed by atoms with E-state index in [0.717, 1.165) is 41.1 Å². The van der Waals surface area contributed by atoms with E-state index in [1.807, 2.05) is 70.4 Å². The lowest BCUT2D eigenvalue weighted by Gasteiger charge is -2.37. The normalized spacial score (nSPS) is 22.5. The highest BCUT2D eigenvalue weighted by Gasteiger charge is 2.66. The second-order valence-electron chi connectivity index (χ2n) is 16.8. The standard InChI is InChI=1S/C46H57N5O5Si/c1-31(2)12-11-13-32(3)22-26-51-41-21-16-35(50-27-24-43(50)53)28-39(41)46(45(51)54)33(4)44(57(6,7)37-19-17-36(55-5)18-20-37)42(56-46)23-25-49-29-40(47-48-49)38(30-52)34-14-9-8-10-15-34/h8-10,12,14-22,28-29,33,38,42,44,52H,11,13,23-27,30H2,1-7H3/b32-22+/t33-,38?,42+,44-,46+/m0/s1. The van der Waals surface area contributed by atoms with Gasteiger partial charge in [0, 0.05) is 49.4 Å². The minimum atomic E-state index is -2.39. The summed E-state index contributed by atoms with van der Waals surface area (Å²) in [4.78, 5) is 31.8. The summed E-state index contributed by atoms with van der Waals surface area (Å²) in [6.07, 6.45) is 9.08. The lowest BCUT2D eigenvalue weighted by molar-refractivity contribution is -0.145. The zero-order valence-corrected chi connectivity index (χ0v) is 35.4. The van der Waals surface area contributed by atoms with Crippen molar-refractivity contribution in [1.82, 2.24) is 15.0 Å². The first-order valence-electron chi connectivity index (χ1n) is 20.3. The van der Waals surface area contributed by atoms with Crippen LogP contribution in [0.15, 0.2) is 102 Å². The molecule has 300 valence electrons. The van der Waals surface area contributed by atoms with E-state index in [2.05, 4.69) is 81.5 Å². The summed E-state index contributed by atoms with van der Waals surface area (Å²) in [7, 11) is -0.710. The molecular weight excluding hydrogens is 731 g/mol. The fourth-order valence-corrected chi connectivity index (χ4v) is 13.4. The third-order valence-electron chi connectivity index (χ3n) is 12.6. The molecule has 0 saturated carbocycles. The number of amides is 2. The summed E-state index contributed by atoms with van der Waals surface area (Å²) >= 11 is 0. The molecule has 0 bridgehead atoms. The Balaban J connectivity index is 1.26. The predicted octanol–water partition coefficient (Wildman–Crippen LogP) is 7.49. The number of hydrogen-bond acceptors (Lipinski definition) is 7. The van der Waals surface area contributed by atoms with E-state index in [0.29, 0.717) is 38.2 Å². The van der Waals surface area contributed by atoms with Crippen molar-refractivity contribution in [1.29, 1.82) is 0 Å². The van der Waals surface area contributed by atoms with E-state index < -0.39 is 13.7 Å². The molecule has 1 spiro atoms. The number of carbonyl (C=O) groups is 2. The molecule has 3 aliphatic rings. The third-order valence-corrected chi connectivity index (χ3v) is 17.0. The summed E-state index contributed by atoms with van der Waals surface area (Å²) in [5, 5.41) is 20.6. The molecule has 2 fully saturated rings. The van der Waals surface area contributed by atoms with Crippen LogP contribution in [0.2, 0.25) is 18.6 Å². The van der Waals surface area contributed by atoms with Crippen LogP contribution in [0, 0.1) is 5.92 Å². The molecule has 11 heteroatoms. The van der Waals surface area contributed by atoms with Crippen LogP contribution in [0.3, 0.4) is 0 Å². The Kier molecular flexibility index (Phi) is 11.7. The highest BCUT2D eigenvalue weighted by Crippen LogP contribution is 2.60. The van der Waals surface area contributed by atoms with Crippen LogP contribution in [-0.4, -0.2) is 72.9 Å². The van der Waals surface area contributed by atoms with Crippen molar-refractivity contribution >= 4 is 36.4 Å². The number of allylic oxidation sites excluding steroid dienone is 3. The lowest BCUT2D eigenvalue weighted by Crippen LogP contribution is -2.52. The lowest BCUT2D eigenvalue weighted by atomic mass is 9.82. The molecule has 1 N–H and O–H groups in total. The van der Waals surface area contributed by atoms with Gasteiger partial charge in [-0.3, -0.25) is 14.3 Å². The van der Waals surface area contributed by atoms with Crippen molar-refractivity contribution < 1.29 is 24.2 Å². The quantitative estimate of drug-likeness (QED) is 0.0756. The molecule has 7 rings (SSSR count). The van der Waals surface area contributed by atoms with Gasteiger partial charge in [-0.25, -0.2) is 0 Å². The number of benzene rings is 3. The van der Waals surface area contributed by atoms with E-state index in [9.17, 15) is 9.90 Å². The van der Waals surface area contributed by atoms with Gasteiger partial charge in [-0.15, -0.1) is 5.10 Å². The molecule has 3 aliphatic heterocycles. The van der Waals surface area contributed by atoms with Gasteiger partial charge in [0.2, 0.25) is 5.91 Å². The van der Waals surface area contributed by atoms with Crippen LogP contribution in [0.25, 0.3) is 0 Å². The molecule has 57 heavy (non-hydrogen) atoms. The average Bonchev–Trinajstić information content (AvgIpc) is 3.86. The number of β-lactam (4-membered cyclic amide) rings is 1. The zero-order valence-electron chi connectivity index (χ0n) is 34.4. The fraction of sp³-hybridized carbons (Fsp3) is 0.435. The highest BCUT2D eigenvalue weighted by molar-refractivity contribution is 6.91. The number of anilines is 2. The Morgan fingerprint density at radius 3 is 2.46 bits per heavy atom. The number of rotatable bonds is 15.